The molecule has 1 fully saturated rings. The summed E-state index contributed by atoms with van der Waals surface area (Å²) < 4.78 is 5.31. The maximum Gasteiger partial charge on any atom is 0.412 e. The van der Waals surface area contributed by atoms with Crippen LogP contribution in [0, 0.1) is 0 Å². The van der Waals surface area contributed by atoms with Gasteiger partial charge < -0.3 is 19.9 Å². The average molecular weight is 489 g/mol. The van der Waals surface area contributed by atoms with Gasteiger partial charge in [-0.3, -0.25) is 10.1 Å². The van der Waals surface area contributed by atoms with E-state index in [4.69, 9.17) is 9.72 Å². The second-order valence-electron chi connectivity index (χ2n) is 9.74. The van der Waals surface area contributed by atoms with Gasteiger partial charge in [0.15, 0.2) is 0 Å². The maximum absolute atomic E-state index is 12.9. The largest absolute Gasteiger partial charge is 0.444 e. The Morgan fingerprint density at radius 1 is 0.889 bits per heavy atom. The molecule has 1 saturated heterocycles. The van der Waals surface area contributed by atoms with E-state index in [1.165, 1.54) is 0 Å². The topological polar surface area (TPSA) is 99.7 Å². The summed E-state index contributed by atoms with van der Waals surface area (Å²) >= 11 is 0. The van der Waals surface area contributed by atoms with Gasteiger partial charge in [0.1, 0.15) is 5.60 Å². The van der Waals surface area contributed by atoms with Gasteiger partial charge in [0.05, 0.1) is 17.1 Å². The lowest BCUT2D eigenvalue weighted by molar-refractivity contribution is 0.0635. The number of hydrogen-bond acceptors (Lipinski definition) is 7. The molecule has 1 aliphatic rings. The molecule has 2 aromatic carbocycles. The van der Waals surface area contributed by atoms with Crippen LogP contribution in [-0.2, 0) is 4.74 Å². The molecule has 2 amide bonds. The van der Waals surface area contributed by atoms with E-state index in [0.717, 1.165) is 43.4 Å². The van der Waals surface area contributed by atoms with Crippen LogP contribution in [-0.4, -0.2) is 65.7 Å². The lowest BCUT2D eigenvalue weighted by Gasteiger charge is -2.32. The van der Waals surface area contributed by atoms with Crippen molar-refractivity contribution in [3.8, 4) is 11.3 Å². The van der Waals surface area contributed by atoms with Crippen LogP contribution in [0.5, 0.6) is 0 Å². The smallest absolute Gasteiger partial charge is 0.412 e. The number of carbonyl (C=O) groups excluding carboxylic acids is 2. The van der Waals surface area contributed by atoms with Crippen molar-refractivity contribution in [3.05, 3.63) is 66.4 Å². The zero-order chi connectivity index (χ0) is 25.7. The Balaban J connectivity index is 1.44. The van der Waals surface area contributed by atoms with Gasteiger partial charge >= 0.3 is 6.09 Å². The second-order valence-corrected chi connectivity index (χ2v) is 9.74. The van der Waals surface area contributed by atoms with Gasteiger partial charge in [0, 0.05) is 43.5 Å². The zero-order valence-corrected chi connectivity index (χ0v) is 21.1. The third-order valence-electron chi connectivity index (χ3n) is 5.68. The van der Waals surface area contributed by atoms with Crippen LogP contribution in [0.2, 0.25) is 0 Å². The van der Waals surface area contributed by atoms with Crippen molar-refractivity contribution in [2.75, 3.05) is 48.8 Å². The molecule has 9 heteroatoms. The Bertz CT molecular complexity index is 1210. The van der Waals surface area contributed by atoms with Crippen LogP contribution < -0.4 is 15.5 Å². The summed E-state index contributed by atoms with van der Waals surface area (Å²) in [5.74, 6) is 0.428. The molecule has 0 saturated carbocycles. The van der Waals surface area contributed by atoms with Crippen molar-refractivity contribution in [2.45, 2.75) is 26.4 Å². The van der Waals surface area contributed by atoms with E-state index in [1.807, 2.05) is 18.2 Å². The number of piperazine rings is 1. The van der Waals surface area contributed by atoms with Crippen molar-refractivity contribution in [1.82, 2.24) is 14.9 Å². The quantitative estimate of drug-likeness (QED) is 0.546. The van der Waals surface area contributed by atoms with E-state index < -0.39 is 11.7 Å². The van der Waals surface area contributed by atoms with E-state index >= 15 is 0 Å². The summed E-state index contributed by atoms with van der Waals surface area (Å²) in [5.41, 5.74) is 2.49. The van der Waals surface area contributed by atoms with Crippen molar-refractivity contribution in [2.24, 2.45) is 0 Å². The number of ether oxygens (including phenoxy) is 1. The SMILES string of the molecule is CN1CCN(c2nccc(-c3ccc(C(=O)Nc4ccccc4NC(=O)OC(C)(C)C)cc3)n2)CC1. The highest BCUT2D eigenvalue weighted by molar-refractivity contribution is 6.07. The molecule has 0 bridgehead atoms. The van der Waals surface area contributed by atoms with Crippen LogP contribution >= 0.6 is 0 Å². The maximum atomic E-state index is 12.9. The first kappa shape index (κ1) is 25.1. The van der Waals surface area contributed by atoms with Crippen LogP contribution in [0.15, 0.2) is 60.8 Å². The van der Waals surface area contributed by atoms with Crippen molar-refractivity contribution in [3.63, 3.8) is 0 Å². The number of hydrogen-bond donors (Lipinski definition) is 2. The number of aromatic nitrogens is 2. The number of benzene rings is 2. The molecule has 1 aliphatic heterocycles. The summed E-state index contributed by atoms with van der Waals surface area (Å²) in [7, 11) is 2.11. The number of carbonyl (C=O) groups is 2. The molecule has 3 aromatic rings. The van der Waals surface area contributed by atoms with Crippen molar-refractivity contribution < 1.29 is 14.3 Å². The van der Waals surface area contributed by atoms with Gasteiger partial charge in [-0.2, -0.15) is 0 Å². The highest BCUT2D eigenvalue weighted by atomic mass is 16.6. The highest BCUT2D eigenvalue weighted by Gasteiger charge is 2.19. The molecule has 0 atom stereocenters. The second kappa shape index (κ2) is 10.7. The number of nitrogens with zero attached hydrogens (tertiary/aromatic N) is 4. The summed E-state index contributed by atoms with van der Waals surface area (Å²) in [4.78, 5) is 38.8. The molecular weight excluding hydrogens is 456 g/mol. The monoisotopic (exact) mass is 488 g/mol. The fraction of sp³-hybridized carbons (Fsp3) is 0.333. The standard InChI is InChI=1S/C27H32N6O3/c1-27(2,3)36-26(35)31-23-8-6-5-7-22(23)29-24(34)20-11-9-19(10-12-20)21-13-14-28-25(30-21)33-17-15-32(4)16-18-33/h5-14H,15-18H2,1-4H3,(H,29,34)(H,31,35). The predicted octanol–water partition coefficient (Wildman–Crippen LogP) is 4.49. The Morgan fingerprint density at radius 3 is 2.17 bits per heavy atom. The first-order valence-corrected chi connectivity index (χ1v) is 12.0. The average Bonchev–Trinajstić information content (AvgIpc) is 2.85. The Morgan fingerprint density at radius 2 is 1.53 bits per heavy atom. The van der Waals surface area contributed by atoms with E-state index in [-0.39, 0.29) is 5.91 Å². The third-order valence-corrected chi connectivity index (χ3v) is 5.68. The summed E-state index contributed by atoms with van der Waals surface area (Å²) in [5, 5.41) is 5.56. The molecule has 0 unspecified atom stereocenters. The molecule has 4 rings (SSSR count). The fourth-order valence-corrected chi connectivity index (χ4v) is 3.77. The minimum absolute atomic E-state index is 0.291. The minimum atomic E-state index is -0.626. The van der Waals surface area contributed by atoms with E-state index in [1.54, 1.807) is 63.4 Å². The molecule has 188 valence electrons. The van der Waals surface area contributed by atoms with Gasteiger partial charge in [-0.05, 0) is 58.2 Å². The molecule has 0 aliphatic carbocycles. The molecule has 1 aromatic heterocycles. The Kier molecular flexibility index (Phi) is 7.49. The number of anilines is 3. The number of para-hydroxylation sites is 2. The fourth-order valence-electron chi connectivity index (χ4n) is 3.77. The molecule has 0 radical (unpaired) electrons. The van der Waals surface area contributed by atoms with Crippen LogP contribution in [0.3, 0.4) is 0 Å². The highest BCUT2D eigenvalue weighted by Crippen LogP contribution is 2.24. The molecule has 2 heterocycles. The molecule has 2 N–H and O–H groups in total. The molecular formula is C27H32N6O3. The van der Waals surface area contributed by atoms with E-state index in [0.29, 0.717) is 16.9 Å². The van der Waals surface area contributed by atoms with Crippen LogP contribution in [0.1, 0.15) is 31.1 Å². The Hall–Kier alpha value is -3.98. The van der Waals surface area contributed by atoms with Gasteiger partial charge in [-0.1, -0.05) is 24.3 Å². The molecule has 36 heavy (non-hydrogen) atoms. The van der Waals surface area contributed by atoms with Gasteiger partial charge in [0.2, 0.25) is 5.95 Å². The molecule has 9 nitrogen and oxygen atoms in total. The van der Waals surface area contributed by atoms with Gasteiger partial charge in [0.25, 0.3) is 5.91 Å². The third kappa shape index (κ3) is 6.57. The number of amides is 2. The first-order valence-electron chi connectivity index (χ1n) is 12.0. The number of rotatable bonds is 5. The van der Waals surface area contributed by atoms with E-state index in [9.17, 15) is 9.59 Å². The normalized spacial score (nSPS) is 14.3. The van der Waals surface area contributed by atoms with E-state index in [2.05, 4.69) is 32.5 Å². The van der Waals surface area contributed by atoms with Gasteiger partial charge in [-0.15, -0.1) is 0 Å². The number of likely N-dealkylation sites (N-methyl/N-ethyl adjacent to an activating group) is 1. The van der Waals surface area contributed by atoms with Crippen LogP contribution in [0.4, 0.5) is 22.1 Å². The summed E-state index contributed by atoms with van der Waals surface area (Å²) in [6.07, 6.45) is 1.18. The Labute approximate surface area is 211 Å². The van der Waals surface area contributed by atoms with Crippen LogP contribution in [0.25, 0.3) is 11.3 Å². The lowest BCUT2D eigenvalue weighted by atomic mass is 10.1. The first-order chi connectivity index (χ1) is 17.2. The van der Waals surface area contributed by atoms with Gasteiger partial charge in [-0.25, -0.2) is 14.8 Å². The molecule has 0 spiro atoms. The number of nitrogens with one attached hydrogen (secondary N) is 2. The summed E-state index contributed by atoms with van der Waals surface area (Å²) in [6.45, 7) is 9.12. The zero-order valence-electron chi connectivity index (χ0n) is 21.1. The predicted molar refractivity (Wildman–Crippen MR) is 141 cm³/mol. The van der Waals surface area contributed by atoms with Crippen molar-refractivity contribution >= 4 is 29.3 Å². The van der Waals surface area contributed by atoms with Crippen molar-refractivity contribution in [1.29, 1.82) is 0 Å². The minimum Gasteiger partial charge on any atom is -0.444 e. The summed E-state index contributed by atoms with van der Waals surface area (Å²) in [6, 6.07) is 16.1. The lowest BCUT2D eigenvalue weighted by Crippen LogP contribution is -2.45.